The van der Waals surface area contributed by atoms with Gasteiger partial charge < -0.3 is 15.6 Å². The summed E-state index contributed by atoms with van der Waals surface area (Å²) in [6.45, 7) is 0. The molecule has 0 aliphatic carbocycles. The number of para-hydroxylation sites is 1. The van der Waals surface area contributed by atoms with Crippen LogP contribution in [-0.4, -0.2) is 31.2 Å². The number of carboxylic acid groups (broad SMARTS) is 1. The van der Waals surface area contributed by atoms with Crippen molar-refractivity contribution in [3.05, 3.63) is 84.6 Å². The van der Waals surface area contributed by atoms with Crippen molar-refractivity contribution in [2.75, 3.05) is 5.73 Å². The molecule has 5 aromatic rings. The van der Waals surface area contributed by atoms with Gasteiger partial charge in [0.2, 0.25) is 0 Å². The molecular formula is C24H17N5O3. The van der Waals surface area contributed by atoms with E-state index in [2.05, 4.69) is 15.2 Å². The summed E-state index contributed by atoms with van der Waals surface area (Å²) in [5.74, 6) is 0.629. The van der Waals surface area contributed by atoms with Crippen molar-refractivity contribution < 1.29 is 14.6 Å². The minimum absolute atomic E-state index is 0.0596. The second-order valence-corrected chi connectivity index (χ2v) is 7.03. The number of carbonyl (C=O) groups is 1. The fourth-order valence-electron chi connectivity index (χ4n) is 3.49. The molecular weight excluding hydrogens is 406 g/mol. The molecule has 156 valence electrons. The Morgan fingerprint density at radius 1 is 0.938 bits per heavy atom. The highest BCUT2D eigenvalue weighted by Gasteiger charge is 2.19. The largest absolute Gasteiger partial charge is 0.478 e. The Kier molecular flexibility index (Phi) is 4.72. The fraction of sp³-hybridized carbons (Fsp3) is 0. The summed E-state index contributed by atoms with van der Waals surface area (Å²) in [5.41, 5.74) is 8.80. The van der Waals surface area contributed by atoms with E-state index in [1.54, 1.807) is 12.1 Å². The maximum Gasteiger partial charge on any atom is 0.337 e. The van der Waals surface area contributed by atoms with Crippen LogP contribution in [0.1, 0.15) is 10.4 Å². The molecule has 0 bridgehead atoms. The van der Waals surface area contributed by atoms with Crippen LogP contribution in [-0.2, 0) is 0 Å². The quantitative estimate of drug-likeness (QED) is 0.372. The SMILES string of the molecule is Nc1n[nH]c2cc(-c3ncccc3C(=O)O)nc(-c3ccc(Oc4ccccc4)cc3)c12. The molecule has 0 radical (unpaired) electrons. The Hall–Kier alpha value is -4.72. The molecule has 5 rings (SSSR count). The standard InChI is InChI=1S/C24H17N5O3/c25-23-20-18(28-29-23)13-19(22-17(24(30)31)7-4-12-26-22)27-21(20)14-8-10-16(11-9-14)32-15-5-2-1-3-6-15/h1-13H,(H,30,31)(H3,25,28,29). The van der Waals surface area contributed by atoms with Crippen LogP contribution >= 0.6 is 0 Å². The minimum Gasteiger partial charge on any atom is -0.478 e. The lowest BCUT2D eigenvalue weighted by atomic mass is 10.0. The lowest BCUT2D eigenvalue weighted by Gasteiger charge is -2.10. The summed E-state index contributed by atoms with van der Waals surface area (Å²) < 4.78 is 5.86. The van der Waals surface area contributed by atoms with Crippen molar-refractivity contribution in [3.63, 3.8) is 0 Å². The first-order chi connectivity index (χ1) is 15.6. The van der Waals surface area contributed by atoms with Crippen LogP contribution in [0.3, 0.4) is 0 Å². The van der Waals surface area contributed by atoms with E-state index in [1.165, 1.54) is 12.3 Å². The molecule has 3 heterocycles. The lowest BCUT2D eigenvalue weighted by molar-refractivity contribution is 0.0697. The van der Waals surface area contributed by atoms with Crippen LogP contribution in [0, 0.1) is 0 Å². The number of nitrogens with zero attached hydrogens (tertiary/aromatic N) is 3. The van der Waals surface area contributed by atoms with Crippen molar-refractivity contribution in [3.8, 4) is 34.1 Å². The molecule has 0 aliphatic rings. The molecule has 0 atom stereocenters. The number of carboxylic acids is 1. The number of aromatic nitrogens is 4. The smallest absolute Gasteiger partial charge is 0.337 e. The van der Waals surface area contributed by atoms with Gasteiger partial charge in [0.25, 0.3) is 0 Å². The van der Waals surface area contributed by atoms with Gasteiger partial charge in [-0.1, -0.05) is 18.2 Å². The number of hydrogen-bond donors (Lipinski definition) is 3. The number of hydrogen-bond acceptors (Lipinski definition) is 6. The van der Waals surface area contributed by atoms with E-state index in [4.69, 9.17) is 15.5 Å². The predicted molar refractivity (Wildman–Crippen MR) is 120 cm³/mol. The summed E-state index contributed by atoms with van der Waals surface area (Å²) >= 11 is 0. The van der Waals surface area contributed by atoms with Gasteiger partial charge in [0.05, 0.1) is 27.9 Å². The second-order valence-electron chi connectivity index (χ2n) is 7.03. The first kappa shape index (κ1) is 19.3. The Morgan fingerprint density at radius 2 is 1.69 bits per heavy atom. The highest BCUT2D eigenvalue weighted by Crippen LogP contribution is 2.34. The molecule has 0 aliphatic heterocycles. The highest BCUT2D eigenvalue weighted by molar-refractivity contribution is 6.02. The zero-order chi connectivity index (χ0) is 22.1. The van der Waals surface area contributed by atoms with E-state index in [-0.39, 0.29) is 11.3 Å². The van der Waals surface area contributed by atoms with Crippen molar-refractivity contribution in [2.24, 2.45) is 0 Å². The molecule has 0 unspecified atom stereocenters. The zero-order valence-corrected chi connectivity index (χ0v) is 16.7. The van der Waals surface area contributed by atoms with E-state index < -0.39 is 5.97 Å². The van der Waals surface area contributed by atoms with Gasteiger partial charge in [0.15, 0.2) is 5.82 Å². The molecule has 0 saturated carbocycles. The summed E-state index contributed by atoms with van der Waals surface area (Å²) in [6, 6.07) is 21.7. The van der Waals surface area contributed by atoms with Crippen LogP contribution in [0.15, 0.2) is 79.0 Å². The van der Waals surface area contributed by atoms with Crippen molar-refractivity contribution in [1.29, 1.82) is 0 Å². The summed E-state index contributed by atoms with van der Waals surface area (Å²) in [7, 11) is 0. The maximum atomic E-state index is 11.7. The molecule has 0 saturated heterocycles. The van der Waals surface area contributed by atoms with Crippen LogP contribution in [0.2, 0.25) is 0 Å². The van der Waals surface area contributed by atoms with Gasteiger partial charge in [-0.15, -0.1) is 0 Å². The molecule has 3 aromatic heterocycles. The van der Waals surface area contributed by atoms with Gasteiger partial charge in [0.1, 0.15) is 17.2 Å². The Balaban J connectivity index is 1.61. The third-order valence-corrected chi connectivity index (χ3v) is 4.96. The Bertz CT molecular complexity index is 1430. The third-order valence-electron chi connectivity index (χ3n) is 4.96. The number of nitrogens with one attached hydrogen (secondary N) is 1. The van der Waals surface area contributed by atoms with Gasteiger partial charge in [-0.05, 0) is 54.6 Å². The molecule has 0 fully saturated rings. The Labute approximate surface area is 182 Å². The average molecular weight is 423 g/mol. The monoisotopic (exact) mass is 423 g/mol. The number of pyridine rings is 2. The first-order valence-electron chi connectivity index (χ1n) is 9.77. The number of nitrogen functional groups attached to an aromatic ring is 1. The van der Waals surface area contributed by atoms with E-state index in [1.807, 2.05) is 54.6 Å². The molecule has 8 heteroatoms. The Morgan fingerprint density at radius 3 is 2.44 bits per heavy atom. The van der Waals surface area contributed by atoms with Crippen LogP contribution < -0.4 is 10.5 Å². The van der Waals surface area contributed by atoms with Crippen molar-refractivity contribution >= 4 is 22.7 Å². The van der Waals surface area contributed by atoms with Crippen LogP contribution in [0.25, 0.3) is 33.5 Å². The number of ether oxygens (including phenoxy) is 1. The number of anilines is 1. The van der Waals surface area contributed by atoms with Gasteiger partial charge in [-0.2, -0.15) is 5.10 Å². The normalized spacial score (nSPS) is 10.9. The number of rotatable bonds is 5. The number of aromatic amines is 1. The summed E-state index contributed by atoms with van der Waals surface area (Å²) in [6.07, 6.45) is 1.53. The number of nitrogens with two attached hydrogens (primary N) is 1. The van der Waals surface area contributed by atoms with Gasteiger partial charge in [-0.25, -0.2) is 9.78 Å². The van der Waals surface area contributed by atoms with Crippen molar-refractivity contribution in [1.82, 2.24) is 20.2 Å². The third kappa shape index (κ3) is 3.50. The van der Waals surface area contributed by atoms with E-state index >= 15 is 0 Å². The van der Waals surface area contributed by atoms with E-state index in [0.29, 0.717) is 33.9 Å². The zero-order valence-electron chi connectivity index (χ0n) is 16.7. The van der Waals surface area contributed by atoms with Crippen LogP contribution in [0.4, 0.5) is 5.82 Å². The van der Waals surface area contributed by atoms with Gasteiger partial charge in [0, 0.05) is 11.8 Å². The molecule has 32 heavy (non-hydrogen) atoms. The number of aromatic carboxylic acids is 1. The van der Waals surface area contributed by atoms with Crippen LogP contribution in [0.5, 0.6) is 11.5 Å². The second kappa shape index (κ2) is 7.84. The van der Waals surface area contributed by atoms with Gasteiger partial charge in [-0.3, -0.25) is 10.1 Å². The summed E-state index contributed by atoms with van der Waals surface area (Å²) in [4.78, 5) is 20.7. The predicted octanol–water partition coefficient (Wildman–Crippen LogP) is 4.76. The van der Waals surface area contributed by atoms with E-state index in [0.717, 1.165) is 11.3 Å². The molecule has 4 N–H and O–H groups in total. The molecule has 0 amide bonds. The summed E-state index contributed by atoms with van der Waals surface area (Å²) in [5, 5.41) is 17.2. The first-order valence-corrected chi connectivity index (χ1v) is 9.77. The lowest BCUT2D eigenvalue weighted by Crippen LogP contribution is -2.03. The molecule has 8 nitrogen and oxygen atoms in total. The maximum absolute atomic E-state index is 11.7. The highest BCUT2D eigenvalue weighted by atomic mass is 16.5. The van der Waals surface area contributed by atoms with Gasteiger partial charge >= 0.3 is 5.97 Å². The number of H-pyrrole nitrogens is 1. The molecule has 0 spiro atoms. The fourth-order valence-corrected chi connectivity index (χ4v) is 3.49. The topological polar surface area (TPSA) is 127 Å². The molecule has 2 aromatic carbocycles. The average Bonchev–Trinajstić information content (AvgIpc) is 3.20. The van der Waals surface area contributed by atoms with Crippen molar-refractivity contribution in [2.45, 2.75) is 0 Å². The van der Waals surface area contributed by atoms with E-state index in [9.17, 15) is 9.90 Å². The number of fused-ring (bicyclic) bond motifs is 1. The minimum atomic E-state index is -1.08. The number of benzene rings is 2.